The topological polar surface area (TPSA) is 111 Å². The molecule has 10 heteroatoms. The fraction of sp³-hybridized carbons (Fsp3) is 0.333. The van der Waals surface area contributed by atoms with Gasteiger partial charge in [-0.25, -0.2) is 9.18 Å². The highest BCUT2D eigenvalue weighted by Gasteiger charge is 2.70. The van der Waals surface area contributed by atoms with E-state index in [0.717, 1.165) is 0 Å². The lowest BCUT2D eigenvalue weighted by Gasteiger charge is -2.15. The number of halogens is 1. The molecule has 1 aliphatic carbocycles. The van der Waals surface area contributed by atoms with Crippen molar-refractivity contribution in [1.82, 2.24) is 10.1 Å². The average Bonchev–Trinajstić information content (AvgIpc) is 3.38. The van der Waals surface area contributed by atoms with Gasteiger partial charge in [0.05, 0.1) is 37.2 Å². The number of aromatic nitrogens is 2. The van der Waals surface area contributed by atoms with Crippen LogP contribution in [0.25, 0.3) is 11.1 Å². The number of ether oxygens (including phenoxy) is 3. The zero-order chi connectivity index (χ0) is 23.3. The number of rotatable bonds is 6. The minimum Gasteiger partial charge on any atom is -0.471 e. The molecule has 2 aliphatic heterocycles. The Morgan fingerprint density at radius 1 is 1.24 bits per heavy atom. The first-order valence-electron chi connectivity index (χ1n) is 10.9. The maximum atomic E-state index is 15.0. The van der Waals surface area contributed by atoms with E-state index in [1.807, 2.05) is 0 Å². The van der Waals surface area contributed by atoms with E-state index >= 15 is 4.39 Å². The highest BCUT2D eigenvalue weighted by molar-refractivity contribution is 5.90. The molecule has 2 aromatic heterocycles. The van der Waals surface area contributed by atoms with Crippen molar-refractivity contribution >= 4 is 11.8 Å². The molecule has 0 bridgehead atoms. The SMILES string of the molecule is N#C[C@]1(c2ccc(-c3ccc(N4C[C@H](COc5ccon5)OC4=O)cc3F)cn2)[C@@H]2COC[C@@H]21. The molecule has 9 nitrogen and oxygen atoms in total. The molecule has 1 amide bonds. The first-order valence-corrected chi connectivity index (χ1v) is 10.9. The first-order chi connectivity index (χ1) is 16.6. The molecule has 1 saturated carbocycles. The Kier molecular flexibility index (Phi) is 4.74. The van der Waals surface area contributed by atoms with Gasteiger partial charge in [-0.05, 0) is 29.4 Å². The molecule has 3 aromatic rings. The number of fused-ring (bicyclic) bond motifs is 1. The van der Waals surface area contributed by atoms with Gasteiger partial charge in [-0.3, -0.25) is 9.88 Å². The van der Waals surface area contributed by atoms with Crippen molar-refractivity contribution in [2.24, 2.45) is 11.8 Å². The van der Waals surface area contributed by atoms with Crippen LogP contribution in [0.4, 0.5) is 14.9 Å². The second-order valence-corrected chi connectivity index (χ2v) is 8.59. The lowest BCUT2D eigenvalue weighted by molar-refractivity contribution is 0.102. The first kappa shape index (κ1) is 20.6. The van der Waals surface area contributed by atoms with Gasteiger partial charge in [0.25, 0.3) is 5.88 Å². The van der Waals surface area contributed by atoms with Crippen molar-refractivity contribution in [3.05, 3.63) is 60.4 Å². The number of hydrogen-bond acceptors (Lipinski definition) is 8. The average molecular weight is 462 g/mol. The Bertz CT molecular complexity index is 1260. The standard InChI is InChI=1S/C24H19FN4O5/c25-20-7-15(29-9-16(34-23(29)30)10-32-22-5-6-33-28-22)2-3-17(20)14-1-4-21(27-8-14)24(13-26)18-11-31-12-19(18)24/h1-8,16,18-19H,9-12H2/t16-,18-,19+,24+/m1/s1. The third-order valence-electron chi connectivity index (χ3n) is 6.79. The van der Waals surface area contributed by atoms with Crippen molar-refractivity contribution in [1.29, 1.82) is 5.26 Å². The van der Waals surface area contributed by atoms with Crippen molar-refractivity contribution < 1.29 is 27.9 Å². The van der Waals surface area contributed by atoms with Crippen LogP contribution in [0.5, 0.6) is 5.88 Å². The zero-order valence-electron chi connectivity index (χ0n) is 17.9. The Hall–Kier alpha value is -3.97. The lowest BCUT2D eigenvalue weighted by Crippen LogP contribution is -2.26. The van der Waals surface area contributed by atoms with Gasteiger partial charge < -0.3 is 18.7 Å². The molecule has 4 atom stereocenters. The molecule has 3 fully saturated rings. The minimum absolute atomic E-state index is 0.103. The number of pyridine rings is 1. The van der Waals surface area contributed by atoms with Crippen LogP contribution in [-0.2, 0) is 14.9 Å². The van der Waals surface area contributed by atoms with Gasteiger partial charge in [0.15, 0.2) is 6.10 Å². The summed E-state index contributed by atoms with van der Waals surface area (Å²) in [6, 6.07) is 12.1. The molecule has 0 spiro atoms. The smallest absolute Gasteiger partial charge is 0.414 e. The molecule has 1 aromatic carbocycles. The van der Waals surface area contributed by atoms with Crippen LogP contribution in [0.1, 0.15) is 5.69 Å². The van der Waals surface area contributed by atoms with E-state index in [4.69, 9.17) is 18.7 Å². The number of benzene rings is 1. The Labute approximate surface area is 193 Å². The quantitative estimate of drug-likeness (QED) is 0.549. The van der Waals surface area contributed by atoms with E-state index in [9.17, 15) is 10.1 Å². The van der Waals surface area contributed by atoms with Crippen molar-refractivity contribution in [2.45, 2.75) is 11.5 Å². The number of nitriles is 1. The van der Waals surface area contributed by atoms with Gasteiger partial charge in [0.1, 0.15) is 24.1 Å². The highest BCUT2D eigenvalue weighted by Crippen LogP contribution is 2.62. The van der Waals surface area contributed by atoms with Crippen LogP contribution in [0.15, 0.2) is 53.4 Å². The van der Waals surface area contributed by atoms with Gasteiger partial charge in [0, 0.05) is 35.2 Å². The number of carbonyl (C=O) groups excluding carboxylic acids is 1. The Balaban J connectivity index is 1.16. The molecule has 34 heavy (non-hydrogen) atoms. The Morgan fingerprint density at radius 2 is 2.09 bits per heavy atom. The maximum Gasteiger partial charge on any atom is 0.414 e. The largest absolute Gasteiger partial charge is 0.471 e. The molecule has 3 aliphatic rings. The van der Waals surface area contributed by atoms with E-state index < -0.39 is 23.4 Å². The van der Waals surface area contributed by atoms with Crippen molar-refractivity contribution in [3.8, 4) is 23.1 Å². The monoisotopic (exact) mass is 462 g/mol. The van der Waals surface area contributed by atoms with Crippen molar-refractivity contribution in [3.63, 3.8) is 0 Å². The highest BCUT2D eigenvalue weighted by atomic mass is 19.1. The molecule has 6 rings (SSSR count). The molecule has 172 valence electrons. The predicted octanol–water partition coefficient (Wildman–Crippen LogP) is 3.32. The molecule has 4 heterocycles. The van der Waals surface area contributed by atoms with E-state index in [2.05, 4.69) is 16.2 Å². The number of hydrogen-bond donors (Lipinski definition) is 0. The van der Waals surface area contributed by atoms with E-state index in [1.165, 1.54) is 17.2 Å². The summed E-state index contributed by atoms with van der Waals surface area (Å²) in [5.41, 5.74) is 1.43. The van der Waals surface area contributed by atoms with Gasteiger partial charge in [-0.15, -0.1) is 0 Å². The number of cyclic esters (lactones) is 1. The number of nitrogens with zero attached hydrogens (tertiary/aromatic N) is 4. The van der Waals surface area contributed by atoms with E-state index in [-0.39, 0.29) is 25.0 Å². The Morgan fingerprint density at radius 3 is 2.76 bits per heavy atom. The number of anilines is 1. The summed E-state index contributed by atoms with van der Waals surface area (Å²) in [4.78, 5) is 18.2. The van der Waals surface area contributed by atoms with Crippen LogP contribution < -0.4 is 9.64 Å². The van der Waals surface area contributed by atoms with Crippen LogP contribution >= 0.6 is 0 Å². The lowest BCUT2D eigenvalue weighted by atomic mass is 9.96. The summed E-state index contributed by atoms with van der Waals surface area (Å²) in [5, 5.41) is 13.4. The molecule has 0 unspecified atom stereocenters. The fourth-order valence-electron chi connectivity index (χ4n) is 4.94. The minimum atomic E-state index is -0.594. The van der Waals surface area contributed by atoms with Crippen LogP contribution in [0, 0.1) is 29.0 Å². The normalized spacial score (nSPS) is 27.2. The van der Waals surface area contributed by atoms with Crippen LogP contribution in [-0.4, -0.2) is 48.7 Å². The van der Waals surface area contributed by atoms with Gasteiger partial charge in [-0.2, -0.15) is 5.26 Å². The van der Waals surface area contributed by atoms with Gasteiger partial charge in [-0.1, -0.05) is 6.07 Å². The molecular formula is C24H19FN4O5. The summed E-state index contributed by atoms with van der Waals surface area (Å²) >= 11 is 0. The number of amides is 1. The van der Waals surface area contributed by atoms with Crippen LogP contribution in [0.3, 0.4) is 0 Å². The maximum absolute atomic E-state index is 15.0. The van der Waals surface area contributed by atoms with E-state index in [1.54, 1.807) is 36.5 Å². The molecule has 0 radical (unpaired) electrons. The predicted molar refractivity (Wildman–Crippen MR) is 114 cm³/mol. The van der Waals surface area contributed by atoms with E-state index in [0.29, 0.717) is 41.6 Å². The van der Waals surface area contributed by atoms with Crippen LogP contribution in [0.2, 0.25) is 0 Å². The summed E-state index contributed by atoms with van der Waals surface area (Å²) in [5.74, 6) is 0.159. The van der Waals surface area contributed by atoms with Crippen molar-refractivity contribution in [2.75, 3.05) is 31.3 Å². The zero-order valence-corrected chi connectivity index (χ0v) is 17.9. The summed E-state index contributed by atoms with van der Waals surface area (Å²) in [6.07, 6.45) is 1.86. The van der Waals surface area contributed by atoms with Gasteiger partial charge >= 0.3 is 6.09 Å². The second kappa shape index (κ2) is 7.81. The second-order valence-electron chi connectivity index (χ2n) is 8.59. The molecular weight excluding hydrogens is 443 g/mol. The summed E-state index contributed by atoms with van der Waals surface area (Å²) < 4.78 is 35.9. The summed E-state index contributed by atoms with van der Waals surface area (Å²) in [7, 11) is 0. The fourth-order valence-corrected chi connectivity index (χ4v) is 4.94. The molecule has 0 N–H and O–H groups in total. The van der Waals surface area contributed by atoms with Gasteiger partial charge in [0.2, 0.25) is 0 Å². The molecule has 2 saturated heterocycles. The third-order valence-corrected chi connectivity index (χ3v) is 6.79. The third kappa shape index (κ3) is 3.20. The summed E-state index contributed by atoms with van der Waals surface area (Å²) in [6.45, 7) is 1.47. The number of carbonyl (C=O) groups is 1.